The number of anilines is 2. The van der Waals surface area contributed by atoms with Gasteiger partial charge in [-0.15, -0.1) is 0 Å². The van der Waals surface area contributed by atoms with Crippen molar-refractivity contribution in [2.45, 2.75) is 37.6 Å². The number of benzene rings is 2. The normalized spacial score (nSPS) is 17.2. The molecule has 2 heterocycles. The quantitative estimate of drug-likeness (QED) is 0.287. The maximum atomic E-state index is 14.8. The minimum atomic E-state index is -1.02. The largest absolute Gasteiger partial charge is 0.447 e. The fraction of sp³-hybridized carbons (Fsp3) is 0.310. The molecular weight excluding hydrogens is 526 g/mol. The first-order valence-electron chi connectivity index (χ1n) is 12.6. The maximum Gasteiger partial charge on any atom is 0.234 e. The molecule has 2 saturated heterocycles. The summed E-state index contributed by atoms with van der Waals surface area (Å²) in [5.74, 6) is -2.88. The first-order chi connectivity index (χ1) is 18.5. The molecule has 2 amide bonds. The average molecular weight is 557 g/mol. The van der Waals surface area contributed by atoms with Crippen LogP contribution in [0, 0.1) is 11.6 Å². The van der Waals surface area contributed by atoms with Gasteiger partial charge < -0.3 is 19.9 Å². The molecule has 7 nitrogen and oxygen atoms in total. The van der Waals surface area contributed by atoms with Gasteiger partial charge in [0.1, 0.15) is 11.6 Å². The Hall–Kier alpha value is -3.85. The standard InChI is InChI=1S/C29H31ClF2N4O3/c1-17(35(4)22-7-5-6-20(30)12-22)8-9-18(2)39-19(3)33-21-15-36(16-21)23-13-25(31)28(26(32)14-23)24-10-11-27(37)34-29(24)38/h5-7,12-14,21,24,33H,1-3,8-11,15-16H2,4H3,(H,34,37,38). The van der Waals surface area contributed by atoms with Crippen molar-refractivity contribution in [2.75, 3.05) is 29.9 Å². The number of piperidine rings is 1. The number of imide groups is 1. The van der Waals surface area contributed by atoms with Crippen LogP contribution < -0.4 is 20.4 Å². The van der Waals surface area contributed by atoms with Gasteiger partial charge in [0.15, 0.2) is 5.88 Å². The molecule has 2 aromatic carbocycles. The molecular formula is C29H31ClF2N4O3. The van der Waals surface area contributed by atoms with Crippen molar-refractivity contribution in [3.8, 4) is 0 Å². The Morgan fingerprint density at radius 1 is 1.15 bits per heavy atom. The number of ether oxygens (including phenoxy) is 1. The van der Waals surface area contributed by atoms with E-state index in [0.717, 1.165) is 11.4 Å². The molecule has 2 aromatic rings. The minimum absolute atomic E-state index is 0.0323. The zero-order chi connectivity index (χ0) is 28.3. The summed E-state index contributed by atoms with van der Waals surface area (Å²) in [5, 5.41) is 5.94. The van der Waals surface area contributed by atoms with Gasteiger partial charge in [0.25, 0.3) is 0 Å². The Morgan fingerprint density at radius 2 is 1.85 bits per heavy atom. The molecule has 1 atom stereocenters. The number of carbonyl (C=O) groups is 2. The van der Waals surface area contributed by atoms with E-state index in [-0.39, 0.29) is 24.4 Å². The molecule has 0 aliphatic carbocycles. The van der Waals surface area contributed by atoms with E-state index in [4.69, 9.17) is 16.3 Å². The van der Waals surface area contributed by atoms with E-state index in [0.29, 0.717) is 48.3 Å². The summed E-state index contributed by atoms with van der Waals surface area (Å²) < 4.78 is 35.4. The molecule has 0 spiro atoms. The highest BCUT2D eigenvalue weighted by Crippen LogP contribution is 2.33. The van der Waals surface area contributed by atoms with E-state index in [9.17, 15) is 18.4 Å². The van der Waals surface area contributed by atoms with Crippen molar-refractivity contribution in [2.24, 2.45) is 0 Å². The molecule has 2 N–H and O–H groups in total. The summed E-state index contributed by atoms with van der Waals surface area (Å²) in [7, 11) is 1.92. The second kappa shape index (κ2) is 11.9. The lowest BCUT2D eigenvalue weighted by molar-refractivity contribution is -0.134. The molecule has 0 bridgehead atoms. The third-order valence-corrected chi connectivity index (χ3v) is 7.13. The van der Waals surface area contributed by atoms with Crippen molar-refractivity contribution in [1.82, 2.24) is 10.6 Å². The fourth-order valence-electron chi connectivity index (χ4n) is 4.64. The number of nitrogens with zero attached hydrogens (tertiary/aromatic N) is 2. The number of carbonyl (C=O) groups excluding carboxylic acids is 2. The summed E-state index contributed by atoms with van der Waals surface area (Å²) >= 11 is 6.07. The Labute approximate surface area is 231 Å². The highest BCUT2D eigenvalue weighted by Gasteiger charge is 2.34. The molecule has 2 fully saturated rings. The van der Waals surface area contributed by atoms with E-state index in [1.807, 2.05) is 36.2 Å². The smallest absolute Gasteiger partial charge is 0.234 e. The lowest BCUT2D eigenvalue weighted by Gasteiger charge is -2.42. The van der Waals surface area contributed by atoms with Crippen molar-refractivity contribution in [3.05, 3.63) is 95.7 Å². The molecule has 0 aromatic heterocycles. The van der Waals surface area contributed by atoms with Gasteiger partial charge >= 0.3 is 0 Å². The van der Waals surface area contributed by atoms with Crippen molar-refractivity contribution < 1.29 is 23.1 Å². The average Bonchev–Trinajstić information content (AvgIpc) is 2.84. The monoisotopic (exact) mass is 556 g/mol. The topological polar surface area (TPSA) is 73.9 Å². The van der Waals surface area contributed by atoms with Crippen LogP contribution in [0.4, 0.5) is 20.2 Å². The summed E-state index contributed by atoms with van der Waals surface area (Å²) in [6.07, 6.45) is 1.29. The third-order valence-electron chi connectivity index (χ3n) is 6.89. The van der Waals surface area contributed by atoms with Crippen molar-refractivity contribution >= 4 is 34.8 Å². The zero-order valence-electron chi connectivity index (χ0n) is 21.7. The fourth-order valence-corrected chi connectivity index (χ4v) is 4.82. The molecule has 39 heavy (non-hydrogen) atoms. The number of rotatable bonds is 11. The predicted octanol–water partition coefficient (Wildman–Crippen LogP) is 5.35. The molecule has 1 unspecified atom stereocenters. The van der Waals surface area contributed by atoms with E-state index in [1.165, 1.54) is 12.1 Å². The molecule has 4 rings (SSSR count). The van der Waals surface area contributed by atoms with Gasteiger partial charge in [0.05, 0.1) is 17.7 Å². The van der Waals surface area contributed by atoms with E-state index < -0.39 is 29.4 Å². The predicted molar refractivity (Wildman–Crippen MR) is 148 cm³/mol. The number of amides is 2. The van der Waals surface area contributed by atoms with Crippen LogP contribution in [0.25, 0.3) is 0 Å². The zero-order valence-corrected chi connectivity index (χ0v) is 22.5. The summed E-state index contributed by atoms with van der Waals surface area (Å²) in [6, 6.07) is 9.91. The molecule has 2 aliphatic rings. The van der Waals surface area contributed by atoms with Gasteiger partial charge in [-0.1, -0.05) is 30.8 Å². The Bertz CT molecular complexity index is 1300. The second-order valence-corrected chi connectivity index (χ2v) is 10.2. The van der Waals surface area contributed by atoms with Gasteiger partial charge in [0, 0.05) is 60.6 Å². The SMILES string of the molecule is C=C(CCC(=C)N(C)c1cccc(Cl)c1)OC(=C)NC1CN(c2cc(F)c(C3CCC(=O)NC3=O)c(F)c2)C1. The maximum absolute atomic E-state index is 14.8. The van der Waals surface area contributed by atoms with Crippen LogP contribution in [-0.4, -0.2) is 38.0 Å². The highest BCUT2D eigenvalue weighted by molar-refractivity contribution is 6.30. The summed E-state index contributed by atoms with van der Waals surface area (Å²) in [4.78, 5) is 27.2. The summed E-state index contributed by atoms with van der Waals surface area (Å²) in [6.45, 7) is 12.9. The summed E-state index contributed by atoms with van der Waals surface area (Å²) in [5.41, 5.74) is 1.88. The Balaban J connectivity index is 1.22. The lowest BCUT2D eigenvalue weighted by atomic mass is 9.89. The first kappa shape index (κ1) is 28.2. The van der Waals surface area contributed by atoms with Crippen LogP contribution in [0.2, 0.25) is 5.02 Å². The Morgan fingerprint density at radius 3 is 2.49 bits per heavy atom. The number of halogens is 3. The van der Waals surface area contributed by atoms with Crippen molar-refractivity contribution in [3.63, 3.8) is 0 Å². The number of allylic oxidation sites excluding steroid dienone is 2. The van der Waals surface area contributed by atoms with Crippen LogP contribution in [0.5, 0.6) is 0 Å². The molecule has 10 heteroatoms. The Kier molecular flexibility index (Phi) is 8.60. The molecule has 2 aliphatic heterocycles. The van der Waals surface area contributed by atoms with Gasteiger partial charge in [0.2, 0.25) is 11.8 Å². The van der Waals surface area contributed by atoms with E-state index in [1.54, 1.807) is 4.90 Å². The van der Waals surface area contributed by atoms with Gasteiger partial charge in [-0.3, -0.25) is 14.9 Å². The highest BCUT2D eigenvalue weighted by atomic mass is 35.5. The van der Waals surface area contributed by atoms with Crippen LogP contribution in [0.1, 0.15) is 37.2 Å². The van der Waals surface area contributed by atoms with Crippen LogP contribution in [0.15, 0.2) is 73.5 Å². The lowest BCUT2D eigenvalue weighted by Crippen LogP contribution is -2.58. The molecule has 0 saturated carbocycles. The molecule has 206 valence electrons. The van der Waals surface area contributed by atoms with Gasteiger partial charge in [-0.2, -0.15) is 0 Å². The first-order valence-corrected chi connectivity index (χ1v) is 13.0. The second-order valence-electron chi connectivity index (χ2n) is 9.74. The van der Waals surface area contributed by atoms with Crippen LogP contribution in [-0.2, 0) is 14.3 Å². The third kappa shape index (κ3) is 6.78. The van der Waals surface area contributed by atoms with Crippen molar-refractivity contribution in [1.29, 1.82) is 0 Å². The van der Waals surface area contributed by atoms with Crippen LogP contribution in [0.3, 0.4) is 0 Å². The number of hydrogen-bond acceptors (Lipinski definition) is 6. The number of nitrogens with one attached hydrogen (secondary N) is 2. The minimum Gasteiger partial charge on any atom is -0.447 e. The van der Waals surface area contributed by atoms with E-state index >= 15 is 0 Å². The van der Waals surface area contributed by atoms with E-state index in [2.05, 4.69) is 30.4 Å². The molecule has 0 radical (unpaired) electrons. The van der Waals surface area contributed by atoms with Gasteiger partial charge in [-0.25, -0.2) is 8.78 Å². The van der Waals surface area contributed by atoms with Crippen LogP contribution >= 0.6 is 11.6 Å². The number of hydrogen-bond donors (Lipinski definition) is 2. The van der Waals surface area contributed by atoms with Gasteiger partial charge in [-0.05, 0) is 49.8 Å².